The molecule has 56 heavy (non-hydrogen) atoms. The molecule has 13 rings (SSSR count). The number of para-hydroxylation sites is 4. The van der Waals surface area contributed by atoms with E-state index in [1.165, 1.54) is 36.3 Å². The van der Waals surface area contributed by atoms with Crippen LogP contribution < -0.4 is 0 Å². The van der Waals surface area contributed by atoms with E-state index < -0.39 is 0 Å². The topological polar surface area (TPSA) is 48.8 Å². The summed E-state index contributed by atoms with van der Waals surface area (Å²) in [5.41, 5.74) is 8.70. The molecule has 5 heterocycles. The lowest BCUT2D eigenvalue weighted by atomic mass is 9.96. The SMILES string of the molecule is c1ccc(-n2c3ccccc3c3ccc4c5ccccc5n(-c5nc(-c6cc7sc8ccccc8c7c7ccccc67)c6c(n5)oc5ccccc56)c4c32)cc1. The van der Waals surface area contributed by atoms with E-state index in [9.17, 15) is 0 Å². The molecule has 0 saturated carbocycles. The fourth-order valence-electron chi connectivity index (χ4n) is 9.25. The highest BCUT2D eigenvalue weighted by molar-refractivity contribution is 7.26. The van der Waals surface area contributed by atoms with E-state index in [4.69, 9.17) is 14.4 Å². The van der Waals surface area contributed by atoms with E-state index in [0.717, 1.165) is 71.5 Å². The summed E-state index contributed by atoms with van der Waals surface area (Å²) in [7, 11) is 0. The molecule has 8 aromatic carbocycles. The lowest BCUT2D eigenvalue weighted by molar-refractivity contribution is 0.651. The van der Waals surface area contributed by atoms with Gasteiger partial charge >= 0.3 is 0 Å². The largest absolute Gasteiger partial charge is 0.437 e. The lowest BCUT2D eigenvalue weighted by Gasteiger charge is -2.14. The van der Waals surface area contributed by atoms with Crippen LogP contribution in [-0.4, -0.2) is 19.1 Å². The fraction of sp³-hybridized carbons (Fsp3) is 0. The molecule has 0 aliphatic heterocycles. The predicted molar refractivity (Wildman–Crippen MR) is 234 cm³/mol. The normalized spacial score (nSPS) is 12.3. The van der Waals surface area contributed by atoms with E-state index >= 15 is 0 Å². The van der Waals surface area contributed by atoms with Gasteiger partial charge in [-0.15, -0.1) is 11.3 Å². The van der Waals surface area contributed by atoms with Gasteiger partial charge in [-0.05, 0) is 53.2 Å². The summed E-state index contributed by atoms with van der Waals surface area (Å²) in [6, 6.07) is 60.5. The van der Waals surface area contributed by atoms with Crippen molar-refractivity contribution in [1.82, 2.24) is 19.1 Å². The number of benzene rings is 8. The molecule has 0 N–H and O–H groups in total. The van der Waals surface area contributed by atoms with Crippen LogP contribution in [0.5, 0.6) is 0 Å². The minimum atomic E-state index is 0.563. The first-order chi connectivity index (χ1) is 27.8. The smallest absolute Gasteiger partial charge is 0.238 e. The molecule has 0 aliphatic rings. The molecule has 6 heteroatoms. The van der Waals surface area contributed by atoms with Crippen molar-refractivity contribution in [3.8, 4) is 22.9 Å². The third kappa shape index (κ3) is 3.98. The van der Waals surface area contributed by atoms with Crippen LogP contribution in [0.3, 0.4) is 0 Å². The van der Waals surface area contributed by atoms with E-state index in [1.54, 1.807) is 0 Å². The number of hydrogen-bond acceptors (Lipinski definition) is 4. The third-order valence-electron chi connectivity index (χ3n) is 11.5. The van der Waals surface area contributed by atoms with Gasteiger partial charge in [0.2, 0.25) is 11.7 Å². The average Bonchev–Trinajstić information content (AvgIpc) is 4.01. The zero-order valence-corrected chi connectivity index (χ0v) is 30.6. The number of rotatable bonds is 3. The molecule has 0 aliphatic carbocycles. The van der Waals surface area contributed by atoms with Gasteiger partial charge in [0.25, 0.3) is 0 Å². The molecule has 0 unspecified atom stereocenters. The molecule has 0 bridgehead atoms. The number of fused-ring (bicyclic) bond motifs is 15. The lowest BCUT2D eigenvalue weighted by Crippen LogP contribution is -2.04. The van der Waals surface area contributed by atoms with Gasteiger partial charge in [-0.2, -0.15) is 4.98 Å². The second-order valence-electron chi connectivity index (χ2n) is 14.5. The second-order valence-corrected chi connectivity index (χ2v) is 15.6. The molecule has 5 nitrogen and oxygen atoms in total. The molecule has 0 atom stereocenters. The molecule has 13 aromatic rings. The Morgan fingerprint density at radius 3 is 1.79 bits per heavy atom. The molecule has 0 saturated heterocycles. The van der Waals surface area contributed by atoms with Crippen LogP contribution in [0.2, 0.25) is 0 Å². The van der Waals surface area contributed by atoms with Crippen LogP contribution in [0.1, 0.15) is 0 Å². The molecule has 0 fully saturated rings. The van der Waals surface area contributed by atoms with Gasteiger partial charge < -0.3 is 8.98 Å². The Balaban J connectivity index is 1.23. The van der Waals surface area contributed by atoms with Crippen molar-refractivity contribution in [2.45, 2.75) is 0 Å². The highest BCUT2D eigenvalue weighted by Crippen LogP contribution is 2.46. The van der Waals surface area contributed by atoms with Crippen LogP contribution >= 0.6 is 11.3 Å². The Labute approximate surface area is 322 Å². The van der Waals surface area contributed by atoms with Gasteiger partial charge in [-0.3, -0.25) is 4.57 Å². The van der Waals surface area contributed by atoms with E-state index in [1.807, 2.05) is 23.5 Å². The molecule has 0 amide bonds. The van der Waals surface area contributed by atoms with Gasteiger partial charge in [0, 0.05) is 58.4 Å². The van der Waals surface area contributed by atoms with E-state index in [0.29, 0.717) is 11.7 Å². The van der Waals surface area contributed by atoms with E-state index in [-0.39, 0.29) is 0 Å². The van der Waals surface area contributed by atoms with Crippen molar-refractivity contribution in [3.05, 3.63) is 170 Å². The molecule has 0 radical (unpaired) electrons. The maximum atomic E-state index is 6.69. The van der Waals surface area contributed by atoms with Crippen LogP contribution in [-0.2, 0) is 0 Å². The Kier molecular flexibility index (Phi) is 5.98. The number of furan rings is 1. The van der Waals surface area contributed by atoms with Crippen LogP contribution in [0.25, 0.3) is 120 Å². The summed E-state index contributed by atoms with van der Waals surface area (Å²) in [4.78, 5) is 11.1. The molecular formula is C50H28N4OS. The quantitative estimate of drug-likeness (QED) is 0.182. The van der Waals surface area contributed by atoms with Crippen LogP contribution in [0.4, 0.5) is 0 Å². The highest BCUT2D eigenvalue weighted by atomic mass is 32.1. The van der Waals surface area contributed by atoms with Crippen molar-refractivity contribution in [2.75, 3.05) is 0 Å². The monoisotopic (exact) mass is 732 g/mol. The van der Waals surface area contributed by atoms with Crippen molar-refractivity contribution in [2.24, 2.45) is 0 Å². The van der Waals surface area contributed by atoms with Gasteiger partial charge in [-0.1, -0.05) is 127 Å². The molecular weight excluding hydrogens is 705 g/mol. The van der Waals surface area contributed by atoms with Gasteiger partial charge in [0.1, 0.15) is 5.58 Å². The van der Waals surface area contributed by atoms with Crippen molar-refractivity contribution >= 4 is 108 Å². The summed E-state index contributed by atoms with van der Waals surface area (Å²) < 4.78 is 13.8. The van der Waals surface area contributed by atoms with Crippen molar-refractivity contribution in [1.29, 1.82) is 0 Å². The first-order valence-corrected chi connectivity index (χ1v) is 19.7. The summed E-state index contributed by atoms with van der Waals surface area (Å²) in [6.07, 6.45) is 0. The summed E-state index contributed by atoms with van der Waals surface area (Å²) in [6.45, 7) is 0. The number of thiophene rings is 1. The Hall–Kier alpha value is -7.28. The van der Waals surface area contributed by atoms with E-state index in [2.05, 4.69) is 167 Å². The molecule has 5 aromatic heterocycles. The average molecular weight is 733 g/mol. The van der Waals surface area contributed by atoms with Crippen LogP contribution in [0.15, 0.2) is 174 Å². The standard InChI is InChI=1S/C50H28N4OS/c1-2-14-29(15-3-1)53-39-22-10-6-17-31(39)34-26-27-35-32-18-7-11-23-40(32)54(48(35)47(34)53)50-51-46(45-36-20-8-12-24-41(36)55-49(45)52-50)38-28-43-44(33-19-5-4-16-30(33)38)37-21-9-13-25-42(37)56-43/h1-28H. The molecule has 0 spiro atoms. The van der Waals surface area contributed by atoms with Gasteiger partial charge in [0.15, 0.2) is 0 Å². The minimum absolute atomic E-state index is 0.563. The maximum absolute atomic E-state index is 6.69. The third-order valence-corrected chi connectivity index (χ3v) is 12.7. The maximum Gasteiger partial charge on any atom is 0.238 e. The zero-order chi connectivity index (χ0) is 36.5. The van der Waals surface area contributed by atoms with Crippen LogP contribution in [0, 0.1) is 0 Å². The Bertz CT molecular complexity index is 3770. The fourth-order valence-corrected chi connectivity index (χ4v) is 10.4. The predicted octanol–water partition coefficient (Wildman–Crippen LogP) is 13.8. The zero-order valence-electron chi connectivity index (χ0n) is 29.8. The summed E-state index contributed by atoms with van der Waals surface area (Å²) >= 11 is 1.83. The second kappa shape index (κ2) is 11.1. The van der Waals surface area contributed by atoms with Gasteiger partial charge in [-0.25, -0.2) is 4.98 Å². The first kappa shape index (κ1) is 30.1. The number of nitrogens with zero attached hydrogens (tertiary/aromatic N) is 4. The molecule has 260 valence electrons. The summed E-state index contributed by atoms with van der Waals surface area (Å²) in [5.74, 6) is 0.565. The van der Waals surface area contributed by atoms with Crippen molar-refractivity contribution < 1.29 is 4.42 Å². The Morgan fingerprint density at radius 1 is 0.429 bits per heavy atom. The van der Waals surface area contributed by atoms with Crippen molar-refractivity contribution in [3.63, 3.8) is 0 Å². The number of aromatic nitrogens is 4. The first-order valence-electron chi connectivity index (χ1n) is 18.8. The number of hydrogen-bond donors (Lipinski definition) is 0. The highest BCUT2D eigenvalue weighted by Gasteiger charge is 2.26. The minimum Gasteiger partial charge on any atom is -0.437 e. The summed E-state index contributed by atoms with van der Waals surface area (Å²) in [5, 5.41) is 11.5. The Morgan fingerprint density at radius 2 is 1.02 bits per heavy atom. The van der Waals surface area contributed by atoms with Gasteiger partial charge in [0.05, 0.1) is 33.1 Å².